The molecule has 150 valence electrons. The van der Waals surface area contributed by atoms with E-state index in [4.69, 9.17) is 0 Å². The summed E-state index contributed by atoms with van der Waals surface area (Å²) in [7, 11) is 0. The van der Waals surface area contributed by atoms with Crippen molar-refractivity contribution in [3.8, 4) is 5.69 Å². The van der Waals surface area contributed by atoms with Gasteiger partial charge in [0.1, 0.15) is 0 Å². The number of hydrogen-bond acceptors (Lipinski definition) is 3. The zero-order valence-electron chi connectivity index (χ0n) is 17.2. The van der Waals surface area contributed by atoms with Gasteiger partial charge in [0, 0.05) is 12.2 Å². The summed E-state index contributed by atoms with van der Waals surface area (Å²) in [5.74, 6) is -0.127. The first kappa shape index (κ1) is 19.4. The van der Waals surface area contributed by atoms with E-state index in [1.54, 1.807) is 6.20 Å². The lowest BCUT2D eigenvalue weighted by molar-refractivity contribution is 0.102. The molecule has 1 saturated heterocycles. The quantitative estimate of drug-likeness (QED) is 0.688. The molecule has 5 heteroatoms. The molecule has 1 amide bonds. The Hall–Kier alpha value is -2.92. The standard InChI is InChI=1S/C24H28N4O/c1-18-9-4-5-12-23(18)28-19(2)22(16-25-28)24(29)26-21-11-8-10-20(15-21)17-27-13-6-3-7-14-27/h4-5,8-12,15-16H,3,6-7,13-14,17H2,1-2H3,(H,26,29). The zero-order chi connectivity index (χ0) is 20.2. The average Bonchev–Trinajstić information content (AvgIpc) is 3.11. The van der Waals surface area contributed by atoms with Gasteiger partial charge >= 0.3 is 0 Å². The summed E-state index contributed by atoms with van der Waals surface area (Å²) in [5, 5.41) is 7.50. The molecule has 2 aromatic carbocycles. The number of para-hydroxylation sites is 1. The normalized spacial score (nSPS) is 14.7. The van der Waals surface area contributed by atoms with Gasteiger partial charge in [0.15, 0.2) is 0 Å². The lowest BCUT2D eigenvalue weighted by Gasteiger charge is -2.26. The predicted molar refractivity (Wildman–Crippen MR) is 117 cm³/mol. The van der Waals surface area contributed by atoms with Crippen LogP contribution in [0.4, 0.5) is 5.69 Å². The van der Waals surface area contributed by atoms with Gasteiger partial charge in [-0.3, -0.25) is 9.69 Å². The molecule has 0 bridgehead atoms. The van der Waals surface area contributed by atoms with Gasteiger partial charge in [0.25, 0.3) is 5.91 Å². The molecule has 1 aromatic heterocycles. The van der Waals surface area contributed by atoms with E-state index >= 15 is 0 Å². The number of carbonyl (C=O) groups excluding carboxylic acids is 1. The number of nitrogens with one attached hydrogen (secondary N) is 1. The van der Waals surface area contributed by atoms with Crippen LogP contribution >= 0.6 is 0 Å². The SMILES string of the molecule is Cc1ccccc1-n1ncc(C(=O)Nc2cccc(CN3CCCCC3)c2)c1C. The van der Waals surface area contributed by atoms with Crippen LogP contribution in [0.1, 0.15) is 46.4 Å². The van der Waals surface area contributed by atoms with Gasteiger partial charge in [-0.1, -0.05) is 36.8 Å². The number of likely N-dealkylation sites (tertiary alicyclic amines) is 1. The lowest BCUT2D eigenvalue weighted by Crippen LogP contribution is -2.29. The summed E-state index contributed by atoms with van der Waals surface area (Å²) in [6.45, 7) is 7.24. The van der Waals surface area contributed by atoms with E-state index in [9.17, 15) is 4.79 Å². The Kier molecular flexibility index (Phi) is 5.76. The van der Waals surface area contributed by atoms with Crippen LogP contribution in [0.25, 0.3) is 5.69 Å². The Morgan fingerprint density at radius 2 is 1.83 bits per heavy atom. The van der Waals surface area contributed by atoms with Gasteiger partial charge in [-0.25, -0.2) is 4.68 Å². The molecule has 0 unspecified atom stereocenters. The highest BCUT2D eigenvalue weighted by Crippen LogP contribution is 2.20. The molecule has 0 atom stereocenters. The Morgan fingerprint density at radius 1 is 1.03 bits per heavy atom. The van der Waals surface area contributed by atoms with Crippen LogP contribution in [0.2, 0.25) is 0 Å². The number of rotatable bonds is 5. The highest BCUT2D eigenvalue weighted by molar-refractivity contribution is 6.05. The molecule has 0 radical (unpaired) electrons. The predicted octanol–water partition coefficient (Wildman–Crippen LogP) is 4.73. The van der Waals surface area contributed by atoms with Crippen molar-refractivity contribution >= 4 is 11.6 Å². The fourth-order valence-corrected chi connectivity index (χ4v) is 4.00. The molecular weight excluding hydrogens is 360 g/mol. The molecule has 2 heterocycles. The fraction of sp³-hybridized carbons (Fsp3) is 0.333. The molecule has 1 aliphatic rings. The first-order valence-electron chi connectivity index (χ1n) is 10.3. The summed E-state index contributed by atoms with van der Waals surface area (Å²) < 4.78 is 1.83. The van der Waals surface area contributed by atoms with Crippen LogP contribution in [0.3, 0.4) is 0 Å². The van der Waals surface area contributed by atoms with Crippen molar-refractivity contribution in [2.75, 3.05) is 18.4 Å². The molecule has 29 heavy (non-hydrogen) atoms. The van der Waals surface area contributed by atoms with Gasteiger partial charge in [0.2, 0.25) is 0 Å². The second-order valence-corrected chi connectivity index (χ2v) is 7.83. The second kappa shape index (κ2) is 8.62. The smallest absolute Gasteiger partial charge is 0.259 e. The highest BCUT2D eigenvalue weighted by atomic mass is 16.1. The largest absolute Gasteiger partial charge is 0.322 e. The van der Waals surface area contributed by atoms with Crippen LogP contribution in [0.15, 0.2) is 54.7 Å². The van der Waals surface area contributed by atoms with Crippen LogP contribution in [0, 0.1) is 13.8 Å². The molecule has 3 aromatic rings. The van der Waals surface area contributed by atoms with Crippen molar-refractivity contribution < 1.29 is 4.79 Å². The van der Waals surface area contributed by atoms with Crippen molar-refractivity contribution in [1.82, 2.24) is 14.7 Å². The molecule has 0 aliphatic carbocycles. The Balaban J connectivity index is 1.49. The third-order valence-corrected chi connectivity index (χ3v) is 5.64. The van der Waals surface area contributed by atoms with Gasteiger partial charge in [-0.15, -0.1) is 0 Å². The van der Waals surface area contributed by atoms with Crippen molar-refractivity contribution in [2.24, 2.45) is 0 Å². The molecular formula is C24H28N4O. The van der Waals surface area contributed by atoms with Gasteiger partial charge < -0.3 is 5.32 Å². The first-order valence-corrected chi connectivity index (χ1v) is 10.3. The fourth-order valence-electron chi connectivity index (χ4n) is 4.00. The summed E-state index contributed by atoms with van der Waals surface area (Å²) in [4.78, 5) is 15.4. The zero-order valence-corrected chi connectivity index (χ0v) is 17.2. The van der Waals surface area contributed by atoms with E-state index in [2.05, 4.69) is 27.4 Å². The highest BCUT2D eigenvalue weighted by Gasteiger charge is 2.17. The van der Waals surface area contributed by atoms with E-state index in [1.165, 1.54) is 24.8 Å². The van der Waals surface area contributed by atoms with E-state index in [0.29, 0.717) is 5.56 Å². The summed E-state index contributed by atoms with van der Waals surface area (Å²) in [6, 6.07) is 16.2. The second-order valence-electron chi connectivity index (χ2n) is 7.83. The Morgan fingerprint density at radius 3 is 2.62 bits per heavy atom. The maximum Gasteiger partial charge on any atom is 0.259 e. The molecule has 1 N–H and O–H groups in total. The first-order chi connectivity index (χ1) is 14.1. The van der Waals surface area contributed by atoms with Crippen molar-refractivity contribution in [1.29, 1.82) is 0 Å². The van der Waals surface area contributed by atoms with Crippen LogP contribution in [-0.2, 0) is 6.54 Å². The summed E-state index contributed by atoms with van der Waals surface area (Å²) in [5.41, 5.74) is 5.60. The maximum atomic E-state index is 12.9. The van der Waals surface area contributed by atoms with Crippen molar-refractivity contribution in [2.45, 2.75) is 39.7 Å². The van der Waals surface area contributed by atoms with E-state index in [1.807, 2.05) is 54.9 Å². The van der Waals surface area contributed by atoms with Crippen molar-refractivity contribution in [3.63, 3.8) is 0 Å². The minimum Gasteiger partial charge on any atom is -0.322 e. The van der Waals surface area contributed by atoms with E-state index < -0.39 is 0 Å². The number of aromatic nitrogens is 2. The molecule has 1 fully saturated rings. The van der Waals surface area contributed by atoms with Gasteiger partial charge in [0.05, 0.1) is 23.1 Å². The molecule has 0 saturated carbocycles. The van der Waals surface area contributed by atoms with Crippen LogP contribution < -0.4 is 5.32 Å². The number of anilines is 1. The number of carbonyl (C=O) groups is 1. The number of nitrogens with zero attached hydrogens (tertiary/aromatic N) is 3. The monoisotopic (exact) mass is 388 g/mol. The van der Waals surface area contributed by atoms with Gasteiger partial charge in [-0.05, 0) is 69.1 Å². The average molecular weight is 389 g/mol. The maximum absolute atomic E-state index is 12.9. The Bertz CT molecular complexity index is 1000. The van der Waals surface area contributed by atoms with Crippen LogP contribution in [-0.4, -0.2) is 33.7 Å². The number of amides is 1. The molecule has 0 spiro atoms. The topological polar surface area (TPSA) is 50.2 Å². The van der Waals surface area contributed by atoms with E-state index in [0.717, 1.165) is 42.3 Å². The van der Waals surface area contributed by atoms with Crippen molar-refractivity contribution in [3.05, 3.63) is 77.1 Å². The number of benzene rings is 2. The minimum atomic E-state index is -0.127. The minimum absolute atomic E-state index is 0.127. The third kappa shape index (κ3) is 4.40. The summed E-state index contributed by atoms with van der Waals surface area (Å²) in [6.07, 6.45) is 5.54. The van der Waals surface area contributed by atoms with E-state index in [-0.39, 0.29) is 5.91 Å². The number of piperidine rings is 1. The number of hydrogen-bond donors (Lipinski definition) is 1. The molecule has 4 rings (SSSR count). The molecule has 5 nitrogen and oxygen atoms in total. The van der Waals surface area contributed by atoms with Gasteiger partial charge in [-0.2, -0.15) is 5.10 Å². The summed E-state index contributed by atoms with van der Waals surface area (Å²) >= 11 is 0. The van der Waals surface area contributed by atoms with Crippen LogP contribution in [0.5, 0.6) is 0 Å². The Labute approximate surface area is 172 Å². The molecule has 1 aliphatic heterocycles. The third-order valence-electron chi connectivity index (χ3n) is 5.64. The number of aryl methyl sites for hydroxylation is 1. The lowest BCUT2D eigenvalue weighted by atomic mass is 10.1.